The summed E-state index contributed by atoms with van der Waals surface area (Å²) < 4.78 is 18.7. The molecule has 0 bridgehead atoms. The van der Waals surface area contributed by atoms with Gasteiger partial charge in [0.25, 0.3) is 17.5 Å². The van der Waals surface area contributed by atoms with Crippen LogP contribution in [0, 0.1) is 15.9 Å². The molecule has 0 aliphatic carbocycles. The summed E-state index contributed by atoms with van der Waals surface area (Å²) in [6.07, 6.45) is 1.30. The van der Waals surface area contributed by atoms with E-state index in [9.17, 15) is 24.1 Å². The molecule has 0 saturated carbocycles. The second kappa shape index (κ2) is 7.04. The summed E-state index contributed by atoms with van der Waals surface area (Å²) in [5.74, 6) is -0.995. The van der Waals surface area contributed by atoms with Gasteiger partial charge < -0.3 is 4.42 Å². The Labute approximate surface area is 163 Å². The number of halogens is 1. The molecule has 4 rings (SSSR count). The largest absolute Gasteiger partial charge is 0.457 e. The molecule has 0 spiro atoms. The molecule has 1 aliphatic heterocycles. The Morgan fingerprint density at radius 2 is 1.69 bits per heavy atom. The quantitative estimate of drug-likeness (QED) is 0.316. The smallest absolute Gasteiger partial charge is 0.282 e. The Morgan fingerprint density at radius 3 is 2.34 bits per heavy atom. The van der Waals surface area contributed by atoms with Crippen molar-refractivity contribution in [2.24, 2.45) is 0 Å². The van der Waals surface area contributed by atoms with Crippen molar-refractivity contribution in [3.05, 3.63) is 87.9 Å². The Bertz CT molecular complexity index is 1150. The van der Waals surface area contributed by atoms with Crippen molar-refractivity contribution in [1.29, 1.82) is 0 Å². The summed E-state index contributed by atoms with van der Waals surface area (Å²) in [7, 11) is 0. The third kappa shape index (κ3) is 3.48. The van der Waals surface area contributed by atoms with Gasteiger partial charge in [0.2, 0.25) is 0 Å². The molecule has 9 heteroatoms. The number of rotatable bonds is 4. The van der Waals surface area contributed by atoms with E-state index in [-0.39, 0.29) is 17.0 Å². The molecule has 1 fully saturated rings. The zero-order valence-corrected chi connectivity index (χ0v) is 14.7. The molecule has 3 aromatic rings. The summed E-state index contributed by atoms with van der Waals surface area (Å²) in [6.45, 7) is 0. The van der Waals surface area contributed by atoms with Crippen LogP contribution in [-0.4, -0.2) is 16.7 Å². The number of benzene rings is 2. The second-order valence-electron chi connectivity index (χ2n) is 6.12. The molecule has 144 valence electrons. The molecule has 0 unspecified atom stereocenters. The topological polar surface area (TPSA) is 106 Å². The molecule has 8 nitrogen and oxygen atoms in total. The number of carbonyl (C=O) groups excluding carboxylic acids is 2. The molecular weight excluding hydrogens is 381 g/mol. The lowest BCUT2D eigenvalue weighted by molar-refractivity contribution is -0.384. The molecular formula is C20H12FN3O5. The Balaban J connectivity index is 1.58. The van der Waals surface area contributed by atoms with Crippen LogP contribution in [0.4, 0.5) is 15.8 Å². The van der Waals surface area contributed by atoms with Crippen LogP contribution in [0.25, 0.3) is 17.4 Å². The normalized spacial score (nSPS) is 15.1. The van der Waals surface area contributed by atoms with Crippen LogP contribution >= 0.6 is 0 Å². The minimum absolute atomic E-state index is 0.0447. The van der Waals surface area contributed by atoms with Gasteiger partial charge in [-0.1, -0.05) is 0 Å². The number of non-ortho nitro benzene ring substituents is 1. The number of amides is 2. The van der Waals surface area contributed by atoms with E-state index in [1.807, 2.05) is 0 Å². The first-order valence-corrected chi connectivity index (χ1v) is 8.40. The van der Waals surface area contributed by atoms with Gasteiger partial charge in [-0.05, 0) is 54.6 Å². The van der Waals surface area contributed by atoms with E-state index in [0.717, 1.165) is 5.01 Å². The first kappa shape index (κ1) is 18.1. The molecule has 2 heterocycles. The summed E-state index contributed by atoms with van der Waals surface area (Å²) in [4.78, 5) is 35.0. The SMILES string of the molecule is O=C1NN(c2ccc(F)cc2)C(=O)/C1=C/c1ccc(-c2ccc([N+](=O)[O-])cc2)o1. The molecule has 1 aromatic heterocycles. The number of anilines is 1. The Kier molecular flexibility index (Phi) is 4.40. The van der Waals surface area contributed by atoms with Crippen LogP contribution < -0.4 is 10.4 Å². The minimum atomic E-state index is -0.618. The molecule has 0 atom stereocenters. The molecule has 2 aromatic carbocycles. The highest BCUT2D eigenvalue weighted by Crippen LogP contribution is 2.27. The van der Waals surface area contributed by atoms with E-state index >= 15 is 0 Å². The third-order valence-corrected chi connectivity index (χ3v) is 4.25. The first-order valence-electron chi connectivity index (χ1n) is 8.40. The fourth-order valence-electron chi connectivity index (χ4n) is 2.80. The Morgan fingerprint density at radius 1 is 1.00 bits per heavy atom. The van der Waals surface area contributed by atoms with E-state index in [1.165, 1.54) is 54.6 Å². The number of hydrogen-bond donors (Lipinski definition) is 1. The molecule has 1 aliphatic rings. The van der Waals surface area contributed by atoms with Gasteiger partial charge >= 0.3 is 0 Å². The van der Waals surface area contributed by atoms with Crippen LogP contribution in [0.1, 0.15) is 5.76 Å². The van der Waals surface area contributed by atoms with Gasteiger partial charge in [-0.2, -0.15) is 0 Å². The summed E-state index contributed by atoms with van der Waals surface area (Å²) in [5.41, 5.74) is 3.15. The average Bonchev–Trinajstić information content (AvgIpc) is 3.29. The summed E-state index contributed by atoms with van der Waals surface area (Å²) in [5, 5.41) is 11.8. The second-order valence-corrected chi connectivity index (χ2v) is 6.12. The first-order chi connectivity index (χ1) is 13.9. The monoisotopic (exact) mass is 393 g/mol. The zero-order chi connectivity index (χ0) is 20.5. The number of nitrogens with one attached hydrogen (secondary N) is 1. The minimum Gasteiger partial charge on any atom is -0.457 e. The van der Waals surface area contributed by atoms with Gasteiger partial charge in [0.1, 0.15) is 22.9 Å². The van der Waals surface area contributed by atoms with Gasteiger partial charge in [-0.3, -0.25) is 25.1 Å². The highest BCUT2D eigenvalue weighted by atomic mass is 19.1. The van der Waals surface area contributed by atoms with Gasteiger partial charge in [-0.15, -0.1) is 0 Å². The molecule has 2 amide bonds. The van der Waals surface area contributed by atoms with Crippen molar-refractivity contribution in [3.8, 4) is 11.3 Å². The van der Waals surface area contributed by atoms with Gasteiger partial charge in [-0.25, -0.2) is 9.40 Å². The highest BCUT2D eigenvalue weighted by Gasteiger charge is 2.34. The van der Waals surface area contributed by atoms with E-state index in [4.69, 9.17) is 4.42 Å². The third-order valence-electron chi connectivity index (χ3n) is 4.25. The van der Waals surface area contributed by atoms with Crippen molar-refractivity contribution in [3.63, 3.8) is 0 Å². The fraction of sp³-hybridized carbons (Fsp3) is 0. The van der Waals surface area contributed by atoms with Crippen LogP contribution in [-0.2, 0) is 9.59 Å². The van der Waals surface area contributed by atoms with Crippen molar-refractivity contribution < 1.29 is 23.3 Å². The van der Waals surface area contributed by atoms with Gasteiger partial charge in [0.15, 0.2) is 0 Å². The number of nitro benzene ring substituents is 1. The van der Waals surface area contributed by atoms with Crippen LogP contribution in [0.2, 0.25) is 0 Å². The number of nitro groups is 1. The lowest BCUT2D eigenvalue weighted by Crippen LogP contribution is -2.35. The van der Waals surface area contributed by atoms with Crippen LogP contribution in [0.15, 0.2) is 70.7 Å². The molecule has 0 radical (unpaired) electrons. The van der Waals surface area contributed by atoms with Gasteiger partial charge in [0.05, 0.1) is 10.6 Å². The van der Waals surface area contributed by atoms with Gasteiger partial charge in [0, 0.05) is 17.7 Å². The van der Waals surface area contributed by atoms with Crippen LogP contribution in [0.3, 0.4) is 0 Å². The summed E-state index contributed by atoms with van der Waals surface area (Å²) in [6, 6.07) is 14.1. The van der Waals surface area contributed by atoms with E-state index in [2.05, 4.69) is 5.43 Å². The van der Waals surface area contributed by atoms with E-state index in [1.54, 1.807) is 12.1 Å². The van der Waals surface area contributed by atoms with E-state index in [0.29, 0.717) is 17.0 Å². The fourth-order valence-corrected chi connectivity index (χ4v) is 2.80. The Hall–Kier alpha value is -4.27. The van der Waals surface area contributed by atoms with Crippen LogP contribution in [0.5, 0.6) is 0 Å². The number of hydrogen-bond acceptors (Lipinski definition) is 5. The van der Waals surface area contributed by atoms with E-state index < -0.39 is 22.6 Å². The predicted octanol–water partition coefficient (Wildman–Crippen LogP) is 3.46. The lowest BCUT2D eigenvalue weighted by atomic mass is 10.1. The van der Waals surface area contributed by atoms with Crippen molar-refractivity contribution in [2.75, 3.05) is 5.01 Å². The zero-order valence-electron chi connectivity index (χ0n) is 14.7. The van der Waals surface area contributed by atoms with Crippen molar-refractivity contribution in [2.45, 2.75) is 0 Å². The molecule has 1 N–H and O–H groups in total. The standard InChI is InChI=1S/C20H12FN3O5/c21-13-3-7-14(8-4-13)23-20(26)17(19(25)22-23)11-16-9-10-18(29-16)12-1-5-15(6-2-12)24(27)28/h1-11H,(H,22,25)/b17-11+. The van der Waals surface area contributed by atoms with Crippen molar-refractivity contribution in [1.82, 2.24) is 5.43 Å². The number of carbonyl (C=O) groups is 2. The predicted molar refractivity (Wildman–Crippen MR) is 101 cm³/mol. The highest BCUT2D eigenvalue weighted by molar-refractivity contribution is 6.31. The maximum atomic E-state index is 13.1. The molecule has 29 heavy (non-hydrogen) atoms. The summed E-state index contributed by atoms with van der Waals surface area (Å²) >= 11 is 0. The van der Waals surface area contributed by atoms with Crippen molar-refractivity contribution >= 4 is 29.3 Å². The molecule has 1 saturated heterocycles. The maximum Gasteiger partial charge on any atom is 0.282 e. The number of furan rings is 1. The lowest BCUT2D eigenvalue weighted by Gasteiger charge is -2.14. The number of hydrazine groups is 1. The average molecular weight is 393 g/mol. The maximum absolute atomic E-state index is 13.1. The number of nitrogens with zero attached hydrogens (tertiary/aromatic N) is 2.